The fourth-order valence-electron chi connectivity index (χ4n) is 2.07. The fourth-order valence-corrected chi connectivity index (χ4v) is 2.80. The van der Waals surface area contributed by atoms with E-state index < -0.39 is 10.0 Å². The maximum Gasteiger partial charge on any atom is 0.254 e. The molecule has 6 nitrogen and oxygen atoms in total. The van der Waals surface area contributed by atoms with Crippen molar-refractivity contribution in [2.24, 2.45) is 5.14 Å². The van der Waals surface area contributed by atoms with E-state index in [1.54, 1.807) is 11.0 Å². The lowest BCUT2D eigenvalue weighted by atomic mass is 10.1. The third-order valence-electron chi connectivity index (χ3n) is 3.44. The number of amides is 1. The maximum absolute atomic E-state index is 12.5. The largest absolute Gasteiger partial charge is 0.495 e. The molecule has 0 aliphatic carbocycles. The lowest BCUT2D eigenvalue weighted by Crippen LogP contribution is -2.38. The van der Waals surface area contributed by atoms with Crippen LogP contribution in [0.15, 0.2) is 23.1 Å². The van der Waals surface area contributed by atoms with Crippen molar-refractivity contribution < 1.29 is 17.9 Å². The van der Waals surface area contributed by atoms with Crippen molar-refractivity contribution in [1.82, 2.24) is 4.90 Å². The number of ether oxygens (including phenoxy) is 1. The van der Waals surface area contributed by atoms with E-state index in [9.17, 15) is 13.2 Å². The molecule has 2 N–H and O–H groups in total. The molecular formula is C14H22N2O4S. The van der Waals surface area contributed by atoms with Crippen LogP contribution in [0.3, 0.4) is 0 Å². The van der Waals surface area contributed by atoms with E-state index in [0.717, 1.165) is 6.42 Å². The number of hydrogen-bond donors (Lipinski definition) is 1. The van der Waals surface area contributed by atoms with Gasteiger partial charge in [-0.25, -0.2) is 13.6 Å². The van der Waals surface area contributed by atoms with Crippen LogP contribution in [0.5, 0.6) is 5.75 Å². The predicted octanol–water partition coefficient (Wildman–Crippen LogP) is 1.60. The summed E-state index contributed by atoms with van der Waals surface area (Å²) >= 11 is 0. The second kappa shape index (κ2) is 6.91. The summed E-state index contributed by atoms with van der Waals surface area (Å²) in [6.07, 6.45) is 0.817. The van der Waals surface area contributed by atoms with Crippen LogP contribution in [0, 0.1) is 0 Å². The monoisotopic (exact) mass is 314 g/mol. The average molecular weight is 314 g/mol. The van der Waals surface area contributed by atoms with E-state index in [4.69, 9.17) is 9.88 Å². The summed E-state index contributed by atoms with van der Waals surface area (Å²) in [5.74, 6) is -0.0972. The molecule has 118 valence electrons. The lowest BCUT2D eigenvalue weighted by Gasteiger charge is -2.27. The van der Waals surface area contributed by atoms with Crippen molar-refractivity contribution in [3.63, 3.8) is 0 Å². The normalized spacial score (nSPS) is 12.8. The Morgan fingerprint density at radius 2 is 2.00 bits per heavy atom. The van der Waals surface area contributed by atoms with Crippen LogP contribution < -0.4 is 9.88 Å². The van der Waals surface area contributed by atoms with Crippen LogP contribution in [0.25, 0.3) is 0 Å². The molecule has 0 saturated heterocycles. The summed E-state index contributed by atoms with van der Waals surface area (Å²) < 4.78 is 28.2. The molecule has 1 unspecified atom stereocenters. The van der Waals surface area contributed by atoms with E-state index in [2.05, 4.69) is 0 Å². The van der Waals surface area contributed by atoms with Gasteiger partial charge >= 0.3 is 0 Å². The zero-order valence-electron chi connectivity index (χ0n) is 12.8. The summed E-state index contributed by atoms with van der Waals surface area (Å²) in [5.41, 5.74) is 0.280. The summed E-state index contributed by atoms with van der Waals surface area (Å²) in [6.45, 7) is 6.37. The Kier molecular flexibility index (Phi) is 5.74. The number of benzene rings is 1. The lowest BCUT2D eigenvalue weighted by molar-refractivity contribution is 0.0699. The van der Waals surface area contributed by atoms with Crippen LogP contribution >= 0.6 is 0 Å². The highest BCUT2D eigenvalue weighted by molar-refractivity contribution is 7.89. The quantitative estimate of drug-likeness (QED) is 0.863. The highest BCUT2D eigenvalue weighted by Crippen LogP contribution is 2.24. The third kappa shape index (κ3) is 3.95. The SMILES string of the molecule is CCC(C)N(CC)C(=O)c1ccc(OC)c(S(N)(=O)=O)c1. The van der Waals surface area contributed by atoms with Gasteiger partial charge in [-0.05, 0) is 38.5 Å². The molecule has 21 heavy (non-hydrogen) atoms. The van der Waals surface area contributed by atoms with Crippen LogP contribution in [-0.2, 0) is 10.0 Å². The van der Waals surface area contributed by atoms with Crippen molar-refractivity contribution in [2.75, 3.05) is 13.7 Å². The molecule has 1 aromatic carbocycles. The Balaban J connectivity index is 3.29. The number of nitrogens with zero attached hydrogens (tertiary/aromatic N) is 1. The highest BCUT2D eigenvalue weighted by atomic mass is 32.2. The Bertz CT molecular complexity index is 613. The van der Waals surface area contributed by atoms with Crippen LogP contribution in [0.1, 0.15) is 37.6 Å². The maximum atomic E-state index is 12.5. The Hall–Kier alpha value is -1.60. The van der Waals surface area contributed by atoms with E-state index in [1.165, 1.54) is 19.2 Å². The van der Waals surface area contributed by atoms with E-state index in [0.29, 0.717) is 6.54 Å². The average Bonchev–Trinajstić information content (AvgIpc) is 2.45. The number of methoxy groups -OCH3 is 1. The molecule has 0 heterocycles. The zero-order valence-corrected chi connectivity index (χ0v) is 13.6. The molecule has 0 aliphatic heterocycles. The van der Waals surface area contributed by atoms with Gasteiger partial charge < -0.3 is 9.64 Å². The molecule has 1 amide bonds. The zero-order chi connectivity index (χ0) is 16.2. The smallest absolute Gasteiger partial charge is 0.254 e. The molecular weight excluding hydrogens is 292 g/mol. The Morgan fingerprint density at radius 1 is 1.38 bits per heavy atom. The van der Waals surface area contributed by atoms with E-state index in [-0.39, 0.29) is 28.2 Å². The molecule has 0 saturated carbocycles. The summed E-state index contributed by atoms with van der Waals surface area (Å²) in [4.78, 5) is 14.0. The summed E-state index contributed by atoms with van der Waals surface area (Å²) in [6, 6.07) is 4.32. The molecule has 0 bridgehead atoms. The van der Waals surface area contributed by atoms with Gasteiger partial charge in [0.1, 0.15) is 10.6 Å². The minimum absolute atomic E-state index is 0.0718. The standard InChI is InChI=1S/C14H22N2O4S/c1-5-10(3)16(6-2)14(17)11-7-8-12(20-4)13(9-11)21(15,18)19/h7-10H,5-6H2,1-4H3,(H2,15,18,19). The summed E-state index contributed by atoms with van der Waals surface area (Å²) in [5, 5.41) is 5.16. The van der Waals surface area contributed by atoms with Crippen LogP contribution in [-0.4, -0.2) is 38.9 Å². The van der Waals surface area contributed by atoms with Crippen LogP contribution in [0.4, 0.5) is 0 Å². The van der Waals surface area contributed by atoms with Gasteiger partial charge in [-0.2, -0.15) is 0 Å². The molecule has 7 heteroatoms. The predicted molar refractivity (Wildman–Crippen MR) is 80.8 cm³/mol. The second-order valence-corrected chi connectivity index (χ2v) is 6.29. The van der Waals surface area contributed by atoms with E-state index >= 15 is 0 Å². The van der Waals surface area contributed by atoms with Crippen molar-refractivity contribution >= 4 is 15.9 Å². The first-order chi connectivity index (χ1) is 9.76. The summed E-state index contributed by atoms with van der Waals surface area (Å²) in [7, 11) is -2.61. The van der Waals surface area contributed by atoms with Crippen LogP contribution in [0.2, 0.25) is 0 Å². The molecule has 1 atom stereocenters. The fraction of sp³-hybridized carbons (Fsp3) is 0.500. The molecule has 0 aliphatic rings. The van der Waals surface area contributed by atoms with Gasteiger partial charge in [-0.15, -0.1) is 0 Å². The first kappa shape index (κ1) is 17.5. The molecule has 1 aromatic rings. The minimum Gasteiger partial charge on any atom is -0.495 e. The molecule has 0 fully saturated rings. The third-order valence-corrected chi connectivity index (χ3v) is 4.37. The number of rotatable bonds is 6. The number of nitrogens with two attached hydrogens (primary N) is 1. The Labute approximate surface area is 125 Å². The number of hydrogen-bond acceptors (Lipinski definition) is 4. The second-order valence-electron chi connectivity index (χ2n) is 4.76. The highest BCUT2D eigenvalue weighted by Gasteiger charge is 2.22. The molecule has 0 spiro atoms. The van der Waals surface area contributed by atoms with Gasteiger partial charge in [-0.1, -0.05) is 6.92 Å². The minimum atomic E-state index is -3.96. The molecule has 0 radical (unpaired) electrons. The van der Waals surface area contributed by atoms with Gasteiger partial charge in [0.25, 0.3) is 5.91 Å². The van der Waals surface area contributed by atoms with Gasteiger partial charge in [0.2, 0.25) is 10.0 Å². The van der Waals surface area contributed by atoms with Crippen molar-refractivity contribution in [1.29, 1.82) is 0 Å². The van der Waals surface area contributed by atoms with Gasteiger partial charge in [0.15, 0.2) is 0 Å². The first-order valence-electron chi connectivity index (χ1n) is 6.78. The topological polar surface area (TPSA) is 89.7 Å². The Morgan fingerprint density at radius 3 is 2.43 bits per heavy atom. The van der Waals surface area contributed by atoms with Crippen molar-refractivity contribution in [3.8, 4) is 5.75 Å². The number of carbonyl (C=O) groups is 1. The molecule has 1 rings (SSSR count). The van der Waals surface area contributed by atoms with E-state index in [1.807, 2.05) is 20.8 Å². The van der Waals surface area contributed by atoms with Gasteiger partial charge in [-0.3, -0.25) is 4.79 Å². The molecule has 0 aromatic heterocycles. The number of carbonyl (C=O) groups excluding carboxylic acids is 1. The van der Waals surface area contributed by atoms with Gasteiger partial charge in [0.05, 0.1) is 7.11 Å². The number of primary sulfonamides is 1. The van der Waals surface area contributed by atoms with Crippen molar-refractivity contribution in [2.45, 2.75) is 38.1 Å². The first-order valence-corrected chi connectivity index (χ1v) is 8.32. The van der Waals surface area contributed by atoms with Crippen molar-refractivity contribution in [3.05, 3.63) is 23.8 Å². The number of sulfonamides is 1. The van der Waals surface area contributed by atoms with Gasteiger partial charge in [0, 0.05) is 18.2 Å².